The molecule has 0 spiro atoms. The van der Waals surface area contributed by atoms with Crippen LogP contribution in [0.15, 0.2) is 24.3 Å². The third kappa shape index (κ3) is 4.94. The lowest BCUT2D eigenvalue weighted by atomic mass is 10.0. The Morgan fingerprint density at radius 3 is 2.78 bits per heavy atom. The van der Waals surface area contributed by atoms with Crippen molar-refractivity contribution in [3.63, 3.8) is 0 Å². The highest BCUT2D eigenvalue weighted by Crippen LogP contribution is 2.29. The van der Waals surface area contributed by atoms with E-state index in [2.05, 4.69) is 5.32 Å². The van der Waals surface area contributed by atoms with E-state index in [0.29, 0.717) is 13.1 Å². The van der Waals surface area contributed by atoms with Crippen LogP contribution in [0.4, 0.5) is 5.69 Å². The lowest BCUT2D eigenvalue weighted by Gasteiger charge is -2.30. The zero-order chi connectivity index (χ0) is 16.9. The van der Waals surface area contributed by atoms with E-state index in [9.17, 15) is 13.2 Å². The van der Waals surface area contributed by atoms with Gasteiger partial charge >= 0.3 is 0 Å². The van der Waals surface area contributed by atoms with E-state index in [1.165, 1.54) is 4.31 Å². The number of carbonyl (C=O) groups is 1. The van der Waals surface area contributed by atoms with Crippen molar-refractivity contribution in [2.75, 3.05) is 43.8 Å². The van der Waals surface area contributed by atoms with Crippen LogP contribution in [-0.4, -0.2) is 58.7 Å². The third-order valence-corrected chi connectivity index (χ3v) is 5.64. The van der Waals surface area contributed by atoms with E-state index in [4.69, 9.17) is 0 Å². The molecule has 0 fully saturated rings. The zero-order valence-corrected chi connectivity index (χ0v) is 14.6. The van der Waals surface area contributed by atoms with Gasteiger partial charge in [0.15, 0.2) is 0 Å². The number of fused-ring (bicyclic) bond motifs is 1. The summed E-state index contributed by atoms with van der Waals surface area (Å²) in [5, 5.41) is 2.75. The molecule has 2 rings (SSSR count). The molecular formula is C16H25N3O3S. The predicted octanol–water partition coefficient (Wildman–Crippen LogP) is 0.837. The number of sulfonamides is 1. The van der Waals surface area contributed by atoms with Crippen LogP contribution in [0.1, 0.15) is 18.4 Å². The van der Waals surface area contributed by atoms with E-state index in [0.717, 1.165) is 30.6 Å². The number of aryl methyl sites for hydroxylation is 1. The van der Waals surface area contributed by atoms with Gasteiger partial charge in [0.2, 0.25) is 15.9 Å². The van der Waals surface area contributed by atoms with E-state index < -0.39 is 10.0 Å². The zero-order valence-electron chi connectivity index (χ0n) is 13.8. The fraction of sp³-hybridized carbons (Fsp3) is 0.562. The van der Waals surface area contributed by atoms with Crippen LogP contribution in [-0.2, 0) is 21.2 Å². The Labute approximate surface area is 138 Å². The molecule has 0 saturated heterocycles. The topological polar surface area (TPSA) is 69.7 Å². The number of hydrogen-bond acceptors (Lipinski definition) is 4. The minimum Gasteiger partial charge on any atom is -0.355 e. The van der Waals surface area contributed by atoms with Gasteiger partial charge in [0.25, 0.3) is 0 Å². The summed E-state index contributed by atoms with van der Waals surface area (Å²) in [5.41, 5.74) is 1.81. The Kier molecular flexibility index (Phi) is 6.01. The number of nitrogens with one attached hydrogen (secondary N) is 1. The van der Waals surface area contributed by atoms with Crippen molar-refractivity contribution >= 4 is 21.6 Å². The first-order valence-corrected chi connectivity index (χ1v) is 9.51. The Balaban J connectivity index is 1.94. The molecule has 1 aromatic carbocycles. The fourth-order valence-corrected chi connectivity index (χ4v) is 4.18. The summed E-state index contributed by atoms with van der Waals surface area (Å²) in [6.07, 6.45) is 1.70. The minimum absolute atomic E-state index is 0.00553. The molecule has 0 atom stereocenters. The number of hydrogen-bond donors (Lipinski definition) is 1. The van der Waals surface area contributed by atoms with E-state index in [1.54, 1.807) is 0 Å². The van der Waals surface area contributed by atoms with Crippen molar-refractivity contribution in [2.45, 2.75) is 19.3 Å². The quantitative estimate of drug-likeness (QED) is 0.799. The van der Waals surface area contributed by atoms with Crippen molar-refractivity contribution in [3.05, 3.63) is 29.8 Å². The van der Waals surface area contributed by atoms with Crippen LogP contribution in [0.2, 0.25) is 0 Å². The fourth-order valence-electron chi connectivity index (χ4n) is 2.63. The Hall–Kier alpha value is -1.60. The average Bonchev–Trinajstić information content (AvgIpc) is 2.52. The largest absolute Gasteiger partial charge is 0.355 e. The Morgan fingerprint density at radius 2 is 2.04 bits per heavy atom. The molecule has 6 nitrogen and oxygen atoms in total. The van der Waals surface area contributed by atoms with Crippen molar-refractivity contribution in [3.8, 4) is 0 Å². The minimum atomic E-state index is -3.47. The Morgan fingerprint density at radius 1 is 1.30 bits per heavy atom. The first kappa shape index (κ1) is 17.7. The molecule has 7 heteroatoms. The van der Waals surface area contributed by atoms with Gasteiger partial charge in [-0.1, -0.05) is 18.2 Å². The second kappa shape index (κ2) is 7.79. The van der Waals surface area contributed by atoms with Crippen LogP contribution in [0.3, 0.4) is 0 Å². The van der Waals surface area contributed by atoms with Gasteiger partial charge < -0.3 is 10.2 Å². The molecule has 0 saturated carbocycles. The Bertz CT molecular complexity index is 644. The monoisotopic (exact) mass is 339 g/mol. The highest BCUT2D eigenvalue weighted by atomic mass is 32.2. The maximum absolute atomic E-state index is 12.6. The van der Waals surface area contributed by atoms with E-state index in [-0.39, 0.29) is 18.1 Å². The standard InChI is InChI=1S/C16H25N3O3S/c1-18(2)12-10-17-16(20)9-13-23(21,22)19-11-5-7-14-6-3-4-8-15(14)19/h3-4,6,8H,5,7,9-13H2,1-2H3,(H,17,20). The lowest BCUT2D eigenvalue weighted by Crippen LogP contribution is -2.39. The molecule has 0 bridgehead atoms. The van der Waals surface area contributed by atoms with Gasteiger partial charge in [-0.05, 0) is 38.6 Å². The van der Waals surface area contributed by atoms with Gasteiger partial charge in [0.1, 0.15) is 0 Å². The number of anilines is 1. The average molecular weight is 339 g/mol. The summed E-state index contributed by atoms with van der Waals surface area (Å²) in [4.78, 5) is 13.7. The third-order valence-electron chi connectivity index (χ3n) is 3.87. The molecule has 0 unspecified atom stereocenters. The normalized spacial score (nSPS) is 14.7. The van der Waals surface area contributed by atoms with Crippen molar-refractivity contribution in [1.82, 2.24) is 10.2 Å². The molecule has 1 amide bonds. The van der Waals surface area contributed by atoms with Gasteiger partial charge in [0.05, 0.1) is 11.4 Å². The molecule has 1 aromatic rings. The molecule has 1 aliphatic heterocycles. The van der Waals surface area contributed by atoms with Gasteiger partial charge in [0, 0.05) is 26.1 Å². The number of likely N-dealkylation sites (N-methyl/N-ethyl adjacent to an activating group) is 1. The van der Waals surface area contributed by atoms with Gasteiger partial charge in [-0.25, -0.2) is 8.42 Å². The molecular weight excluding hydrogens is 314 g/mol. The number of carbonyl (C=O) groups excluding carboxylic acids is 1. The van der Waals surface area contributed by atoms with Crippen molar-refractivity contribution in [2.24, 2.45) is 0 Å². The van der Waals surface area contributed by atoms with Crippen LogP contribution < -0.4 is 9.62 Å². The second-order valence-corrected chi connectivity index (χ2v) is 8.04. The summed E-state index contributed by atoms with van der Waals surface area (Å²) in [5.74, 6) is -0.379. The van der Waals surface area contributed by atoms with Crippen LogP contribution >= 0.6 is 0 Å². The number of rotatable bonds is 7. The summed E-state index contributed by atoms with van der Waals surface area (Å²) in [6, 6.07) is 7.57. The number of nitrogens with zero attached hydrogens (tertiary/aromatic N) is 2. The summed E-state index contributed by atoms with van der Waals surface area (Å²) < 4.78 is 26.6. The molecule has 128 valence electrons. The maximum Gasteiger partial charge on any atom is 0.235 e. The number of para-hydroxylation sites is 1. The number of amides is 1. The van der Waals surface area contributed by atoms with Gasteiger partial charge in [-0.2, -0.15) is 0 Å². The molecule has 1 aliphatic rings. The van der Waals surface area contributed by atoms with Crippen LogP contribution in [0.5, 0.6) is 0 Å². The van der Waals surface area contributed by atoms with Gasteiger partial charge in [-0.15, -0.1) is 0 Å². The first-order valence-electron chi connectivity index (χ1n) is 7.90. The van der Waals surface area contributed by atoms with Crippen LogP contribution in [0.25, 0.3) is 0 Å². The number of benzene rings is 1. The molecule has 1 heterocycles. The smallest absolute Gasteiger partial charge is 0.235 e. The summed E-state index contributed by atoms with van der Waals surface area (Å²) >= 11 is 0. The molecule has 1 N–H and O–H groups in total. The predicted molar refractivity (Wildman–Crippen MR) is 92.1 cm³/mol. The molecule has 23 heavy (non-hydrogen) atoms. The van der Waals surface area contributed by atoms with Crippen LogP contribution in [0, 0.1) is 0 Å². The van der Waals surface area contributed by atoms with E-state index in [1.807, 2.05) is 43.3 Å². The summed E-state index contributed by atoms with van der Waals surface area (Å²) in [6.45, 7) is 1.75. The maximum atomic E-state index is 12.6. The molecule has 0 aliphatic carbocycles. The second-order valence-electron chi connectivity index (χ2n) is 6.02. The van der Waals surface area contributed by atoms with Gasteiger partial charge in [-0.3, -0.25) is 9.10 Å². The molecule has 0 aromatic heterocycles. The first-order chi connectivity index (χ1) is 10.9. The van der Waals surface area contributed by atoms with Crippen molar-refractivity contribution in [1.29, 1.82) is 0 Å². The SMILES string of the molecule is CN(C)CCNC(=O)CCS(=O)(=O)N1CCCc2ccccc21. The molecule has 0 radical (unpaired) electrons. The lowest BCUT2D eigenvalue weighted by molar-refractivity contribution is -0.120. The van der Waals surface area contributed by atoms with Crippen molar-refractivity contribution < 1.29 is 13.2 Å². The van der Waals surface area contributed by atoms with E-state index >= 15 is 0 Å². The highest BCUT2D eigenvalue weighted by molar-refractivity contribution is 7.92. The summed E-state index contributed by atoms with van der Waals surface area (Å²) in [7, 11) is 0.371. The highest BCUT2D eigenvalue weighted by Gasteiger charge is 2.27.